The van der Waals surface area contributed by atoms with Gasteiger partial charge in [0.05, 0.1) is 16.9 Å². The molecule has 1 aliphatic rings. The second-order valence-corrected chi connectivity index (χ2v) is 4.99. The maximum atomic E-state index is 12.0. The lowest BCUT2D eigenvalue weighted by Gasteiger charge is -2.18. The standard InChI is InChI=1S/C11H16N4OS/c1-8(7-15-6-2-5-13-15)14-10(16)11(3-4-11)9(12)17/h2,5-6,8H,3-4,7H2,1H3,(H2,12,17)(H,14,16). The molecule has 1 saturated carbocycles. The van der Waals surface area contributed by atoms with E-state index in [-0.39, 0.29) is 11.9 Å². The van der Waals surface area contributed by atoms with Crippen molar-refractivity contribution in [1.29, 1.82) is 0 Å². The fourth-order valence-corrected chi connectivity index (χ4v) is 2.10. The number of rotatable bonds is 5. The fraction of sp³-hybridized carbons (Fsp3) is 0.545. The van der Waals surface area contributed by atoms with Gasteiger partial charge in [-0.05, 0) is 25.8 Å². The van der Waals surface area contributed by atoms with Crippen LogP contribution in [0.2, 0.25) is 0 Å². The summed E-state index contributed by atoms with van der Waals surface area (Å²) in [5.74, 6) is -0.0512. The van der Waals surface area contributed by atoms with Crippen molar-refractivity contribution in [3.8, 4) is 0 Å². The first kappa shape index (κ1) is 12.0. The molecule has 1 atom stereocenters. The van der Waals surface area contributed by atoms with E-state index in [2.05, 4.69) is 10.4 Å². The summed E-state index contributed by atoms with van der Waals surface area (Å²) in [5, 5.41) is 7.03. The number of carbonyl (C=O) groups is 1. The summed E-state index contributed by atoms with van der Waals surface area (Å²) in [4.78, 5) is 12.3. The van der Waals surface area contributed by atoms with E-state index >= 15 is 0 Å². The van der Waals surface area contributed by atoms with Crippen LogP contribution in [0.15, 0.2) is 18.5 Å². The average molecular weight is 252 g/mol. The molecule has 92 valence electrons. The second kappa shape index (κ2) is 4.44. The van der Waals surface area contributed by atoms with Crippen molar-refractivity contribution < 1.29 is 4.79 Å². The summed E-state index contributed by atoms with van der Waals surface area (Å²) in [7, 11) is 0. The normalized spacial score (nSPS) is 18.4. The van der Waals surface area contributed by atoms with E-state index in [0.717, 1.165) is 12.8 Å². The average Bonchev–Trinajstić information content (AvgIpc) is 2.93. The first-order valence-electron chi connectivity index (χ1n) is 5.63. The Hall–Kier alpha value is -1.43. The highest BCUT2D eigenvalue weighted by Crippen LogP contribution is 2.46. The summed E-state index contributed by atoms with van der Waals surface area (Å²) >= 11 is 4.94. The molecule has 5 nitrogen and oxygen atoms in total. The summed E-state index contributed by atoms with van der Waals surface area (Å²) in [6.45, 7) is 2.58. The Morgan fingerprint density at radius 2 is 2.41 bits per heavy atom. The number of nitrogens with two attached hydrogens (primary N) is 1. The van der Waals surface area contributed by atoms with Crippen molar-refractivity contribution in [3.05, 3.63) is 18.5 Å². The first-order chi connectivity index (χ1) is 8.04. The molecule has 0 spiro atoms. The van der Waals surface area contributed by atoms with E-state index in [1.807, 2.05) is 19.2 Å². The Morgan fingerprint density at radius 3 is 2.88 bits per heavy atom. The highest BCUT2D eigenvalue weighted by Gasteiger charge is 2.52. The molecule has 1 amide bonds. The van der Waals surface area contributed by atoms with Gasteiger partial charge in [-0.3, -0.25) is 9.48 Å². The second-order valence-electron chi connectivity index (χ2n) is 4.55. The van der Waals surface area contributed by atoms with E-state index in [0.29, 0.717) is 11.5 Å². The first-order valence-corrected chi connectivity index (χ1v) is 6.04. The number of hydrogen-bond acceptors (Lipinski definition) is 3. The molecule has 1 fully saturated rings. The van der Waals surface area contributed by atoms with E-state index in [1.165, 1.54) is 0 Å². The molecule has 1 unspecified atom stereocenters. The summed E-state index contributed by atoms with van der Waals surface area (Å²) in [6, 6.07) is 1.86. The lowest BCUT2D eigenvalue weighted by molar-refractivity contribution is -0.124. The van der Waals surface area contributed by atoms with E-state index in [1.54, 1.807) is 10.9 Å². The van der Waals surface area contributed by atoms with Crippen molar-refractivity contribution in [3.63, 3.8) is 0 Å². The molecule has 2 rings (SSSR count). The molecule has 3 N–H and O–H groups in total. The number of thiocarbonyl (C=S) groups is 1. The molecule has 1 aromatic rings. The van der Waals surface area contributed by atoms with Crippen LogP contribution in [-0.4, -0.2) is 26.7 Å². The molecular formula is C11H16N4OS. The third kappa shape index (κ3) is 2.46. The lowest BCUT2D eigenvalue weighted by atomic mass is 10.1. The van der Waals surface area contributed by atoms with Crippen LogP contribution in [0.25, 0.3) is 0 Å². The summed E-state index contributed by atoms with van der Waals surface area (Å²) in [5.41, 5.74) is 5.02. The SMILES string of the molecule is CC(Cn1cccn1)NC(=O)C1(C(N)=S)CC1. The molecule has 0 bridgehead atoms. The van der Waals surface area contributed by atoms with E-state index < -0.39 is 5.41 Å². The lowest BCUT2D eigenvalue weighted by Crippen LogP contribution is -2.44. The molecule has 6 heteroatoms. The Bertz CT molecular complexity index is 425. The van der Waals surface area contributed by atoms with Crippen molar-refractivity contribution in [2.45, 2.75) is 32.4 Å². The van der Waals surface area contributed by atoms with Gasteiger partial charge in [-0.25, -0.2) is 0 Å². The van der Waals surface area contributed by atoms with Gasteiger partial charge in [0.1, 0.15) is 0 Å². The molecule has 0 saturated heterocycles. The maximum Gasteiger partial charge on any atom is 0.233 e. The maximum absolute atomic E-state index is 12.0. The number of carbonyl (C=O) groups excluding carboxylic acids is 1. The number of nitrogens with one attached hydrogen (secondary N) is 1. The van der Waals surface area contributed by atoms with Crippen LogP contribution in [0.5, 0.6) is 0 Å². The summed E-state index contributed by atoms with van der Waals surface area (Å²) in [6.07, 6.45) is 5.11. The third-order valence-corrected chi connectivity index (χ3v) is 3.44. The zero-order chi connectivity index (χ0) is 12.5. The number of nitrogens with zero attached hydrogens (tertiary/aromatic N) is 2. The fourth-order valence-electron chi connectivity index (χ4n) is 1.81. The van der Waals surface area contributed by atoms with Crippen LogP contribution in [0, 0.1) is 5.41 Å². The summed E-state index contributed by atoms with van der Waals surface area (Å²) < 4.78 is 1.78. The van der Waals surface area contributed by atoms with Gasteiger partial charge < -0.3 is 11.1 Å². The molecule has 17 heavy (non-hydrogen) atoms. The van der Waals surface area contributed by atoms with Crippen molar-refractivity contribution in [1.82, 2.24) is 15.1 Å². The van der Waals surface area contributed by atoms with Gasteiger partial charge in [0.25, 0.3) is 0 Å². The number of amides is 1. The smallest absolute Gasteiger partial charge is 0.233 e. The minimum atomic E-state index is -0.576. The largest absolute Gasteiger partial charge is 0.392 e. The van der Waals surface area contributed by atoms with E-state index in [4.69, 9.17) is 18.0 Å². The zero-order valence-electron chi connectivity index (χ0n) is 9.72. The minimum absolute atomic E-state index is 0.00854. The molecule has 1 aromatic heterocycles. The van der Waals surface area contributed by atoms with Crippen molar-refractivity contribution in [2.24, 2.45) is 11.1 Å². The topological polar surface area (TPSA) is 72.9 Å². The van der Waals surface area contributed by atoms with Crippen LogP contribution in [0.3, 0.4) is 0 Å². The predicted octanol–water partition coefficient (Wildman–Crippen LogP) is 0.454. The van der Waals surface area contributed by atoms with Gasteiger partial charge in [0.2, 0.25) is 5.91 Å². The molecular weight excluding hydrogens is 236 g/mol. The van der Waals surface area contributed by atoms with Gasteiger partial charge in [0, 0.05) is 18.4 Å². The van der Waals surface area contributed by atoms with Gasteiger partial charge in [-0.1, -0.05) is 12.2 Å². The van der Waals surface area contributed by atoms with Crippen LogP contribution in [0.1, 0.15) is 19.8 Å². The predicted molar refractivity (Wildman–Crippen MR) is 68.3 cm³/mol. The molecule has 0 aromatic carbocycles. The van der Waals surface area contributed by atoms with Crippen LogP contribution < -0.4 is 11.1 Å². The molecule has 1 aliphatic carbocycles. The quantitative estimate of drug-likeness (QED) is 0.746. The van der Waals surface area contributed by atoms with Gasteiger partial charge in [-0.15, -0.1) is 0 Å². The number of hydrogen-bond donors (Lipinski definition) is 2. The Labute approximate surface area is 105 Å². The number of aromatic nitrogens is 2. The van der Waals surface area contributed by atoms with Gasteiger partial charge in [0.15, 0.2) is 0 Å². The van der Waals surface area contributed by atoms with E-state index in [9.17, 15) is 4.79 Å². The Balaban J connectivity index is 1.89. The monoisotopic (exact) mass is 252 g/mol. The Kier molecular flexibility index (Phi) is 3.15. The molecule has 1 heterocycles. The highest BCUT2D eigenvalue weighted by molar-refractivity contribution is 7.80. The minimum Gasteiger partial charge on any atom is -0.392 e. The van der Waals surface area contributed by atoms with Gasteiger partial charge >= 0.3 is 0 Å². The zero-order valence-corrected chi connectivity index (χ0v) is 10.5. The van der Waals surface area contributed by atoms with Crippen LogP contribution in [-0.2, 0) is 11.3 Å². The molecule has 0 radical (unpaired) electrons. The van der Waals surface area contributed by atoms with Gasteiger partial charge in [-0.2, -0.15) is 5.10 Å². The Morgan fingerprint density at radius 1 is 1.71 bits per heavy atom. The van der Waals surface area contributed by atoms with Crippen molar-refractivity contribution in [2.75, 3.05) is 0 Å². The van der Waals surface area contributed by atoms with Crippen LogP contribution >= 0.6 is 12.2 Å². The highest BCUT2D eigenvalue weighted by atomic mass is 32.1. The molecule has 0 aliphatic heterocycles. The third-order valence-electron chi connectivity index (χ3n) is 3.05. The van der Waals surface area contributed by atoms with Crippen LogP contribution in [0.4, 0.5) is 0 Å². The van der Waals surface area contributed by atoms with Crippen molar-refractivity contribution >= 4 is 23.1 Å².